The topological polar surface area (TPSA) is 26.0 Å². The molecule has 1 unspecified atom stereocenters. The summed E-state index contributed by atoms with van der Waals surface area (Å²) in [7, 11) is 0. The van der Waals surface area contributed by atoms with Crippen LogP contribution >= 0.6 is 0 Å². The first kappa shape index (κ1) is 9.66. The summed E-state index contributed by atoms with van der Waals surface area (Å²) in [4.78, 5) is 0. The van der Waals surface area contributed by atoms with Gasteiger partial charge in [0.05, 0.1) is 0 Å². The lowest BCUT2D eigenvalue weighted by molar-refractivity contribution is 0.521. The molecule has 1 aromatic carbocycles. The van der Waals surface area contributed by atoms with Gasteiger partial charge in [-0.1, -0.05) is 6.07 Å². The summed E-state index contributed by atoms with van der Waals surface area (Å²) in [5, 5.41) is 0. The molecule has 0 heterocycles. The molecule has 0 fully saturated rings. The van der Waals surface area contributed by atoms with Gasteiger partial charge in [0.1, 0.15) is 5.82 Å². The van der Waals surface area contributed by atoms with E-state index in [2.05, 4.69) is 0 Å². The number of benzene rings is 1. The fraction of sp³-hybridized carbons (Fsp3) is 0.500. The zero-order chi connectivity index (χ0) is 9.97. The second-order valence-corrected chi connectivity index (χ2v) is 4.01. The van der Waals surface area contributed by atoms with Crippen LogP contribution in [0, 0.1) is 5.82 Å². The van der Waals surface area contributed by atoms with Gasteiger partial charge >= 0.3 is 0 Å². The summed E-state index contributed by atoms with van der Waals surface area (Å²) in [6.45, 7) is 0.724. The van der Waals surface area contributed by atoms with Gasteiger partial charge in [-0.3, -0.25) is 0 Å². The van der Waals surface area contributed by atoms with Crippen molar-refractivity contribution in [1.29, 1.82) is 0 Å². The molecule has 76 valence electrons. The molecular weight excluding hydrogens is 177 g/mol. The van der Waals surface area contributed by atoms with E-state index in [0.717, 1.165) is 19.4 Å². The molecule has 0 radical (unpaired) electrons. The van der Waals surface area contributed by atoms with Crippen molar-refractivity contribution in [2.75, 3.05) is 6.54 Å². The van der Waals surface area contributed by atoms with Gasteiger partial charge in [0.15, 0.2) is 0 Å². The first-order valence-corrected chi connectivity index (χ1v) is 5.29. The molecule has 2 rings (SSSR count). The van der Waals surface area contributed by atoms with Crippen LogP contribution in [0.4, 0.5) is 4.39 Å². The summed E-state index contributed by atoms with van der Waals surface area (Å²) in [6.07, 6.45) is 4.42. The third-order valence-electron chi connectivity index (χ3n) is 3.06. The number of fused-ring (bicyclic) bond motifs is 1. The van der Waals surface area contributed by atoms with Gasteiger partial charge in [-0.05, 0) is 61.4 Å². The van der Waals surface area contributed by atoms with Gasteiger partial charge in [-0.25, -0.2) is 4.39 Å². The van der Waals surface area contributed by atoms with Gasteiger partial charge in [0, 0.05) is 0 Å². The van der Waals surface area contributed by atoms with Crippen LogP contribution < -0.4 is 5.73 Å². The fourth-order valence-corrected chi connectivity index (χ4v) is 2.38. The maximum atomic E-state index is 13.0. The van der Waals surface area contributed by atoms with E-state index in [-0.39, 0.29) is 5.82 Å². The molecule has 0 aliphatic heterocycles. The largest absolute Gasteiger partial charge is 0.330 e. The highest BCUT2D eigenvalue weighted by molar-refractivity contribution is 5.33. The Morgan fingerprint density at radius 3 is 3.07 bits per heavy atom. The van der Waals surface area contributed by atoms with Crippen molar-refractivity contribution < 1.29 is 4.39 Å². The quantitative estimate of drug-likeness (QED) is 0.767. The Labute approximate surface area is 84.1 Å². The molecule has 1 aliphatic rings. The molecule has 1 aliphatic carbocycles. The second kappa shape index (κ2) is 4.09. The summed E-state index contributed by atoms with van der Waals surface area (Å²) in [5.74, 6) is 0.446. The predicted molar refractivity (Wildman–Crippen MR) is 55.8 cm³/mol. The SMILES string of the molecule is NCCC1CCCc2cc(F)ccc21. The van der Waals surface area contributed by atoms with Crippen molar-refractivity contribution in [3.63, 3.8) is 0 Å². The molecule has 2 N–H and O–H groups in total. The fourth-order valence-electron chi connectivity index (χ4n) is 2.38. The average molecular weight is 193 g/mol. The van der Waals surface area contributed by atoms with Crippen LogP contribution in [-0.4, -0.2) is 6.54 Å². The number of hydrogen-bond acceptors (Lipinski definition) is 1. The lowest BCUT2D eigenvalue weighted by Gasteiger charge is -2.25. The minimum atomic E-state index is -0.114. The zero-order valence-corrected chi connectivity index (χ0v) is 8.30. The molecule has 2 heteroatoms. The van der Waals surface area contributed by atoms with Crippen LogP contribution in [-0.2, 0) is 6.42 Å². The number of nitrogens with two attached hydrogens (primary N) is 1. The lowest BCUT2D eigenvalue weighted by Crippen LogP contribution is -2.14. The Balaban J connectivity index is 2.30. The zero-order valence-electron chi connectivity index (χ0n) is 8.30. The van der Waals surface area contributed by atoms with Gasteiger partial charge in [-0.2, -0.15) is 0 Å². The molecule has 1 nitrogen and oxygen atoms in total. The van der Waals surface area contributed by atoms with Gasteiger partial charge in [0.25, 0.3) is 0 Å². The van der Waals surface area contributed by atoms with Crippen LogP contribution in [0.15, 0.2) is 18.2 Å². The van der Waals surface area contributed by atoms with Crippen LogP contribution in [0.2, 0.25) is 0 Å². The van der Waals surface area contributed by atoms with Crippen LogP contribution in [0.25, 0.3) is 0 Å². The molecule has 0 amide bonds. The van der Waals surface area contributed by atoms with Gasteiger partial charge in [0.2, 0.25) is 0 Å². The summed E-state index contributed by atoms with van der Waals surface area (Å²) in [6, 6.07) is 5.18. The second-order valence-electron chi connectivity index (χ2n) is 4.01. The van der Waals surface area contributed by atoms with E-state index >= 15 is 0 Å². The maximum absolute atomic E-state index is 13.0. The Kier molecular flexibility index (Phi) is 2.82. The van der Waals surface area contributed by atoms with Crippen LogP contribution in [0.1, 0.15) is 36.3 Å². The van der Waals surface area contributed by atoms with Crippen molar-refractivity contribution in [2.45, 2.75) is 31.6 Å². The van der Waals surface area contributed by atoms with E-state index in [0.29, 0.717) is 5.92 Å². The molecule has 1 atom stereocenters. The number of aryl methyl sites for hydroxylation is 1. The Hall–Kier alpha value is -0.890. The highest BCUT2D eigenvalue weighted by atomic mass is 19.1. The minimum absolute atomic E-state index is 0.114. The highest BCUT2D eigenvalue weighted by Crippen LogP contribution is 2.33. The first-order valence-electron chi connectivity index (χ1n) is 5.29. The molecule has 0 aromatic heterocycles. The summed E-state index contributed by atoms with van der Waals surface area (Å²) >= 11 is 0. The standard InChI is InChI=1S/C12H16FN/c13-11-4-5-12-9(6-7-14)2-1-3-10(12)8-11/h4-5,8-9H,1-3,6-7,14H2. The minimum Gasteiger partial charge on any atom is -0.330 e. The van der Waals surface area contributed by atoms with E-state index in [1.807, 2.05) is 6.07 Å². The third kappa shape index (κ3) is 1.80. The van der Waals surface area contributed by atoms with Crippen molar-refractivity contribution in [1.82, 2.24) is 0 Å². The van der Waals surface area contributed by atoms with Crippen LogP contribution in [0.5, 0.6) is 0 Å². The summed E-state index contributed by atoms with van der Waals surface area (Å²) in [5.41, 5.74) is 8.08. The molecule has 14 heavy (non-hydrogen) atoms. The Bertz CT molecular complexity index is 322. The predicted octanol–water partition coefficient (Wildman–Crippen LogP) is 2.59. The van der Waals surface area contributed by atoms with E-state index in [9.17, 15) is 4.39 Å². The van der Waals surface area contributed by atoms with Gasteiger partial charge in [-0.15, -0.1) is 0 Å². The molecule has 0 saturated carbocycles. The molecule has 1 aromatic rings. The van der Waals surface area contributed by atoms with Gasteiger partial charge < -0.3 is 5.73 Å². The molecule has 0 saturated heterocycles. The summed E-state index contributed by atoms with van der Waals surface area (Å²) < 4.78 is 13.0. The third-order valence-corrected chi connectivity index (χ3v) is 3.06. The lowest BCUT2D eigenvalue weighted by atomic mass is 9.81. The molecule has 0 bridgehead atoms. The smallest absolute Gasteiger partial charge is 0.123 e. The molecular formula is C12H16FN. The van der Waals surface area contributed by atoms with Crippen molar-refractivity contribution >= 4 is 0 Å². The van der Waals surface area contributed by atoms with E-state index in [1.54, 1.807) is 12.1 Å². The van der Waals surface area contributed by atoms with E-state index < -0.39 is 0 Å². The number of hydrogen-bond donors (Lipinski definition) is 1. The van der Waals surface area contributed by atoms with Crippen molar-refractivity contribution in [3.8, 4) is 0 Å². The maximum Gasteiger partial charge on any atom is 0.123 e. The Morgan fingerprint density at radius 2 is 2.29 bits per heavy atom. The monoisotopic (exact) mass is 193 g/mol. The van der Waals surface area contributed by atoms with Crippen LogP contribution in [0.3, 0.4) is 0 Å². The molecule has 0 spiro atoms. The average Bonchev–Trinajstić information content (AvgIpc) is 2.18. The number of halogens is 1. The van der Waals surface area contributed by atoms with Crippen molar-refractivity contribution in [3.05, 3.63) is 35.1 Å². The van der Waals surface area contributed by atoms with E-state index in [1.165, 1.54) is 24.0 Å². The highest BCUT2D eigenvalue weighted by Gasteiger charge is 2.19. The first-order chi connectivity index (χ1) is 6.81. The number of rotatable bonds is 2. The van der Waals surface area contributed by atoms with E-state index in [4.69, 9.17) is 5.73 Å². The normalized spacial score (nSPS) is 20.6. The Morgan fingerprint density at radius 1 is 1.43 bits per heavy atom. The van der Waals surface area contributed by atoms with Crippen molar-refractivity contribution in [2.24, 2.45) is 5.73 Å².